The fourth-order valence-electron chi connectivity index (χ4n) is 5.52. The number of piperidine rings is 1. The molecule has 5 rings (SSSR count). The van der Waals surface area contributed by atoms with E-state index < -0.39 is 0 Å². The molecule has 3 heterocycles. The van der Waals surface area contributed by atoms with Crippen LogP contribution in [0.5, 0.6) is 0 Å². The average Bonchev–Trinajstić information content (AvgIpc) is 3.44. The second-order valence-electron chi connectivity index (χ2n) is 13.6. The first-order chi connectivity index (χ1) is 20.3. The zero-order chi connectivity index (χ0) is 30.9. The second-order valence-corrected chi connectivity index (χ2v) is 14.4. The highest BCUT2D eigenvalue weighted by Gasteiger charge is 2.29. The number of hydrogen-bond acceptors (Lipinski definition) is 7. The monoisotopic (exact) mass is 618 g/mol. The highest BCUT2D eigenvalue weighted by Crippen LogP contribution is 2.36. The van der Waals surface area contributed by atoms with Gasteiger partial charge >= 0.3 is 0 Å². The Morgan fingerprint density at radius 1 is 1.05 bits per heavy atom. The Kier molecular flexibility index (Phi) is 8.89. The Labute approximate surface area is 264 Å². The number of anilines is 2. The molecule has 1 aliphatic rings. The molecule has 2 aromatic carbocycles. The lowest BCUT2D eigenvalue weighted by molar-refractivity contribution is 0.0866. The van der Waals surface area contributed by atoms with Gasteiger partial charge in [-0.25, -0.2) is 4.68 Å². The molecule has 1 saturated heterocycles. The Morgan fingerprint density at radius 3 is 2.37 bits per heavy atom. The fraction of sp³-hybridized carbons (Fsp3) is 0.455. The van der Waals surface area contributed by atoms with Crippen molar-refractivity contribution in [2.24, 2.45) is 5.41 Å². The highest BCUT2D eigenvalue weighted by molar-refractivity contribution is 6.36. The number of halogens is 2. The molecule has 0 bridgehead atoms. The van der Waals surface area contributed by atoms with E-state index >= 15 is 0 Å². The van der Waals surface area contributed by atoms with Crippen LogP contribution < -0.4 is 10.6 Å². The largest absolute Gasteiger partial charge is 0.383 e. The summed E-state index contributed by atoms with van der Waals surface area (Å²) in [4.78, 5) is 7.04. The lowest BCUT2D eigenvalue weighted by Gasteiger charge is -2.40. The van der Waals surface area contributed by atoms with Gasteiger partial charge in [0.15, 0.2) is 0 Å². The van der Waals surface area contributed by atoms with Crippen molar-refractivity contribution in [2.45, 2.75) is 72.0 Å². The van der Waals surface area contributed by atoms with Crippen LogP contribution in [0.3, 0.4) is 0 Å². The van der Waals surface area contributed by atoms with Gasteiger partial charge in [0.2, 0.25) is 0 Å². The number of nitriles is 1. The molecule has 1 atom stereocenters. The van der Waals surface area contributed by atoms with Gasteiger partial charge in [0.25, 0.3) is 0 Å². The van der Waals surface area contributed by atoms with Crippen LogP contribution >= 0.6 is 23.2 Å². The lowest BCUT2D eigenvalue weighted by Crippen LogP contribution is -2.46. The number of nitrogens with one attached hydrogen (secondary N) is 2. The molecule has 2 aromatic heterocycles. The van der Waals surface area contributed by atoms with Crippen LogP contribution in [-0.2, 0) is 0 Å². The summed E-state index contributed by atoms with van der Waals surface area (Å²) in [6.45, 7) is 16.0. The minimum atomic E-state index is -0.313. The smallest absolute Gasteiger partial charge is 0.109 e. The second kappa shape index (κ2) is 12.3. The maximum Gasteiger partial charge on any atom is 0.109 e. The van der Waals surface area contributed by atoms with E-state index in [1.54, 1.807) is 6.20 Å². The van der Waals surface area contributed by atoms with Crippen LogP contribution in [0.25, 0.3) is 10.9 Å². The van der Waals surface area contributed by atoms with Crippen molar-refractivity contribution in [3.63, 3.8) is 0 Å². The summed E-state index contributed by atoms with van der Waals surface area (Å²) in [5, 5.41) is 28.2. The summed E-state index contributed by atoms with van der Waals surface area (Å²) in [5.74, 6) is 0. The number of rotatable bonds is 7. The molecule has 0 radical (unpaired) electrons. The maximum absolute atomic E-state index is 9.87. The predicted octanol–water partition coefficient (Wildman–Crippen LogP) is 8.10. The van der Waals surface area contributed by atoms with E-state index in [0.29, 0.717) is 33.7 Å². The zero-order valence-electron chi connectivity index (χ0n) is 25.7. The van der Waals surface area contributed by atoms with Crippen molar-refractivity contribution in [1.29, 1.82) is 5.26 Å². The minimum Gasteiger partial charge on any atom is -0.383 e. The predicted molar refractivity (Wildman–Crippen MR) is 176 cm³/mol. The molecular weight excluding hydrogens is 579 g/mol. The van der Waals surface area contributed by atoms with E-state index in [1.807, 2.05) is 41.1 Å². The molecule has 8 nitrogen and oxygen atoms in total. The Hall–Kier alpha value is -3.38. The molecule has 1 fully saturated rings. The van der Waals surface area contributed by atoms with Crippen molar-refractivity contribution in [3.05, 3.63) is 75.7 Å². The summed E-state index contributed by atoms with van der Waals surface area (Å²) in [7, 11) is 0. The Morgan fingerprint density at radius 2 is 1.74 bits per heavy atom. The molecule has 0 aliphatic carbocycles. The third-order valence-corrected chi connectivity index (χ3v) is 8.51. The molecule has 2 N–H and O–H groups in total. The van der Waals surface area contributed by atoms with Crippen LogP contribution in [-0.4, -0.2) is 50.1 Å². The van der Waals surface area contributed by atoms with Crippen LogP contribution in [0, 0.1) is 16.7 Å². The van der Waals surface area contributed by atoms with E-state index in [1.165, 1.54) is 0 Å². The van der Waals surface area contributed by atoms with Crippen LogP contribution in [0.2, 0.25) is 10.0 Å². The third-order valence-electron chi connectivity index (χ3n) is 7.97. The maximum atomic E-state index is 9.87. The van der Waals surface area contributed by atoms with E-state index in [2.05, 4.69) is 84.6 Å². The van der Waals surface area contributed by atoms with E-state index in [0.717, 1.165) is 53.9 Å². The summed E-state index contributed by atoms with van der Waals surface area (Å²) in [6, 6.07) is 13.9. The van der Waals surface area contributed by atoms with E-state index in [9.17, 15) is 5.26 Å². The zero-order valence-corrected chi connectivity index (χ0v) is 27.3. The molecule has 1 unspecified atom stereocenters. The first-order valence-corrected chi connectivity index (χ1v) is 15.5. The van der Waals surface area contributed by atoms with E-state index in [-0.39, 0.29) is 17.0 Å². The minimum absolute atomic E-state index is 0.0108. The van der Waals surface area contributed by atoms with Gasteiger partial charge in [-0.3, -0.25) is 9.88 Å². The summed E-state index contributed by atoms with van der Waals surface area (Å²) >= 11 is 13.1. The summed E-state index contributed by atoms with van der Waals surface area (Å²) < 4.78 is 2.02. The molecule has 0 spiro atoms. The lowest BCUT2D eigenvalue weighted by atomic mass is 9.96. The normalized spacial score (nSPS) is 15.8. The van der Waals surface area contributed by atoms with Gasteiger partial charge in [0, 0.05) is 47.5 Å². The number of fused-ring (bicyclic) bond motifs is 1. The number of nitrogens with zero attached hydrogens (tertiary/aromatic N) is 6. The molecule has 0 saturated carbocycles. The van der Waals surface area contributed by atoms with Gasteiger partial charge in [-0.1, -0.05) is 61.3 Å². The Bertz CT molecular complexity index is 1620. The van der Waals surface area contributed by atoms with Gasteiger partial charge in [0.05, 0.1) is 40.1 Å². The summed E-state index contributed by atoms with van der Waals surface area (Å²) in [6.07, 6.45) is 5.68. The highest BCUT2D eigenvalue weighted by atomic mass is 35.5. The molecule has 0 amide bonds. The molecule has 4 aromatic rings. The van der Waals surface area contributed by atoms with Gasteiger partial charge in [-0.05, 0) is 68.9 Å². The van der Waals surface area contributed by atoms with Crippen molar-refractivity contribution < 1.29 is 0 Å². The SMILES string of the molecule is CC(C)(C)CNc1c(C#N)cnc2c(Cl)cc(NC(c3ccc(Cl)cc3)c3cn(C4CCN(C(C)(C)C)CC4)nn3)cc12. The average molecular weight is 620 g/mol. The number of benzene rings is 2. The molecular formula is C33H40Cl2N8. The van der Waals surface area contributed by atoms with Crippen molar-refractivity contribution in [3.8, 4) is 6.07 Å². The molecule has 43 heavy (non-hydrogen) atoms. The topological polar surface area (TPSA) is 94.7 Å². The number of aromatic nitrogens is 4. The van der Waals surface area contributed by atoms with Crippen molar-refractivity contribution >= 4 is 45.5 Å². The van der Waals surface area contributed by atoms with Crippen molar-refractivity contribution in [1.82, 2.24) is 24.9 Å². The fourth-order valence-corrected chi connectivity index (χ4v) is 5.92. The van der Waals surface area contributed by atoms with Gasteiger partial charge in [-0.2, -0.15) is 5.26 Å². The Balaban J connectivity index is 1.49. The van der Waals surface area contributed by atoms with Crippen LogP contribution in [0.1, 0.15) is 83.3 Å². The number of likely N-dealkylation sites (tertiary alicyclic amines) is 1. The summed E-state index contributed by atoms with van der Waals surface area (Å²) in [5.41, 5.74) is 4.57. The first-order valence-electron chi connectivity index (χ1n) is 14.8. The third kappa shape index (κ3) is 7.23. The molecule has 226 valence electrons. The standard InChI is InChI=1S/C33H40Cl2N8/c1-32(2,3)20-38-29-22(17-36)18-37-31-26(29)15-24(16-27(31)35)39-30(21-7-9-23(34)10-8-21)28-19-43(41-40-28)25-11-13-42(14-12-25)33(4,5)6/h7-10,15-16,18-19,25,30,39H,11-14,20H2,1-6H3,(H,37,38). The molecule has 1 aliphatic heterocycles. The van der Waals surface area contributed by atoms with Crippen LogP contribution in [0.15, 0.2) is 48.8 Å². The quantitative estimate of drug-likeness (QED) is 0.216. The molecule has 10 heteroatoms. The van der Waals surface area contributed by atoms with Crippen LogP contribution in [0.4, 0.5) is 11.4 Å². The number of hydrogen-bond donors (Lipinski definition) is 2. The van der Waals surface area contributed by atoms with Gasteiger partial charge < -0.3 is 10.6 Å². The van der Waals surface area contributed by atoms with Gasteiger partial charge in [0.1, 0.15) is 11.8 Å². The first kappa shape index (κ1) is 31.1. The number of pyridine rings is 1. The van der Waals surface area contributed by atoms with Crippen molar-refractivity contribution in [2.75, 3.05) is 30.3 Å². The van der Waals surface area contributed by atoms with E-state index in [4.69, 9.17) is 23.2 Å². The van der Waals surface area contributed by atoms with Gasteiger partial charge in [-0.15, -0.1) is 5.10 Å².